The second-order valence-corrected chi connectivity index (χ2v) is 8.60. The van der Waals surface area contributed by atoms with Gasteiger partial charge in [0.05, 0.1) is 19.3 Å². The summed E-state index contributed by atoms with van der Waals surface area (Å²) in [4.78, 5) is 10.6. The first kappa shape index (κ1) is 31.8. The van der Waals surface area contributed by atoms with E-state index in [1.54, 1.807) is 12.1 Å². The Morgan fingerprint density at radius 3 is 2.00 bits per heavy atom. The first-order chi connectivity index (χ1) is 16.5. The highest BCUT2D eigenvalue weighted by atomic mass is 19.4. The zero-order chi connectivity index (χ0) is 27.8. The van der Waals surface area contributed by atoms with Crippen LogP contribution in [0.1, 0.15) is 45.6 Å². The number of hydrogen-bond acceptors (Lipinski definition) is 3. The summed E-state index contributed by atoms with van der Waals surface area (Å²) in [6.07, 6.45) is -4.44. The molecule has 0 radical (unpaired) electrons. The molecule has 0 saturated carbocycles. The van der Waals surface area contributed by atoms with Gasteiger partial charge in [0, 0.05) is 12.3 Å². The van der Waals surface area contributed by atoms with Gasteiger partial charge >= 0.3 is 23.9 Å². The van der Waals surface area contributed by atoms with E-state index in [1.165, 1.54) is 12.1 Å². The van der Waals surface area contributed by atoms with Crippen LogP contribution in [0.4, 0.5) is 39.5 Å². The summed E-state index contributed by atoms with van der Waals surface area (Å²) in [6, 6.07) is 6.08. The lowest BCUT2D eigenvalue weighted by Gasteiger charge is -2.33. The maximum Gasteiger partial charge on any atom is 0.460 e. The number of rotatable bonds is 15. The number of halogens is 9. The second-order valence-electron chi connectivity index (χ2n) is 8.60. The standard InChI is InChI=1S/C24H29F9O3/c1-16(14-34)6-4-7-17(2)18(3)36-15-19-8-10-20(11-9-19)35-13-5-12-21(25,26)22(27,28)23(29,30)24(31,32)33/h4,7-11,14,16-18H,5-6,12-13,15H2,1-3H3/b7-4+/t16-,17-,18-/m0/s1. The molecule has 36 heavy (non-hydrogen) atoms. The van der Waals surface area contributed by atoms with Gasteiger partial charge in [-0.25, -0.2) is 0 Å². The Balaban J connectivity index is 2.51. The Morgan fingerprint density at radius 1 is 0.889 bits per heavy atom. The van der Waals surface area contributed by atoms with Crippen molar-refractivity contribution in [3.63, 3.8) is 0 Å². The molecule has 0 bridgehead atoms. The van der Waals surface area contributed by atoms with E-state index in [9.17, 15) is 44.3 Å². The Bertz CT molecular complexity index is 836. The minimum absolute atomic E-state index is 0.0676. The molecule has 1 rings (SSSR count). The molecule has 0 amide bonds. The van der Waals surface area contributed by atoms with Crippen LogP contribution in [0, 0.1) is 11.8 Å². The third kappa shape index (κ3) is 8.41. The van der Waals surface area contributed by atoms with E-state index in [1.807, 2.05) is 32.9 Å². The van der Waals surface area contributed by atoms with Crippen LogP contribution >= 0.6 is 0 Å². The zero-order valence-electron chi connectivity index (χ0n) is 19.9. The largest absolute Gasteiger partial charge is 0.494 e. The molecular weight excluding hydrogens is 507 g/mol. The maximum atomic E-state index is 13.5. The molecule has 0 aliphatic heterocycles. The number of benzene rings is 1. The van der Waals surface area contributed by atoms with Gasteiger partial charge in [-0.1, -0.05) is 38.1 Å². The van der Waals surface area contributed by atoms with Crippen LogP contribution in [0.15, 0.2) is 36.4 Å². The van der Waals surface area contributed by atoms with E-state index in [4.69, 9.17) is 9.47 Å². The van der Waals surface area contributed by atoms with Crippen molar-refractivity contribution < 1.29 is 53.8 Å². The van der Waals surface area contributed by atoms with Crippen molar-refractivity contribution in [2.75, 3.05) is 6.61 Å². The lowest BCUT2D eigenvalue weighted by Crippen LogP contribution is -2.60. The predicted molar refractivity (Wildman–Crippen MR) is 114 cm³/mol. The first-order valence-corrected chi connectivity index (χ1v) is 11.1. The number of aldehydes is 1. The number of carbonyl (C=O) groups is 1. The summed E-state index contributed by atoms with van der Waals surface area (Å²) in [5.74, 6) is -18.9. The van der Waals surface area contributed by atoms with Gasteiger partial charge in [0.2, 0.25) is 0 Å². The average molecular weight is 536 g/mol. The third-order valence-corrected chi connectivity index (χ3v) is 5.47. The summed E-state index contributed by atoms with van der Waals surface area (Å²) in [7, 11) is 0. The fourth-order valence-corrected chi connectivity index (χ4v) is 2.83. The Labute approximate surface area is 203 Å². The fourth-order valence-electron chi connectivity index (χ4n) is 2.83. The van der Waals surface area contributed by atoms with Gasteiger partial charge in [-0.2, -0.15) is 39.5 Å². The molecule has 1 aromatic carbocycles. The van der Waals surface area contributed by atoms with Crippen LogP contribution in [0.2, 0.25) is 0 Å². The van der Waals surface area contributed by atoms with Gasteiger partial charge in [-0.15, -0.1) is 0 Å². The number of alkyl halides is 9. The lowest BCUT2D eigenvalue weighted by molar-refractivity contribution is -0.396. The van der Waals surface area contributed by atoms with Gasteiger partial charge in [0.1, 0.15) is 12.0 Å². The molecule has 0 spiro atoms. The number of allylic oxidation sites excluding steroid dienone is 1. The Kier molecular flexibility index (Phi) is 11.3. The van der Waals surface area contributed by atoms with Gasteiger partial charge in [-0.05, 0) is 43.4 Å². The highest BCUT2D eigenvalue weighted by Gasteiger charge is 2.81. The minimum Gasteiger partial charge on any atom is -0.494 e. The quantitative estimate of drug-likeness (QED) is 0.100. The molecular formula is C24H29F9O3. The van der Waals surface area contributed by atoms with Crippen molar-refractivity contribution in [3.05, 3.63) is 42.0 Å². The lowest BCUT2D eigenvalue weighted by atomic mass is 10.00. The van der Waals surface area contributed by atoms with Crippen LogP contribution in [0.25, 0.3) is 0 Å². The van der Waals surface area contributed by atoms with E-state index in [2.05, 4.69) is 0 Å². The van der Waals surface area contributed by atoms with Crippen molar-refractivity contribution in [2.45, 2.75) is 76.7 Å². The van der Waals surface area contributed by atoms with Crippen LogP contribution < -0.4 is 4.74 Å². The summed E-state index contributed by atoms with van der Waals surface area (Å²) < 4.78 is 127. The van der Waals surface area contributed by atoms with Crippen molar-refractivity contribution in [2.24, 2.45) is 11.8 Å². The fraction of sp³-hybridized carbons (Fsp3) is 0.625. The topological polar surface area (TPSA) is 35.5 Å². The minimum atomic E-state index is -6.89. The zero-order valence-corrected chi connectivity index (χ0v) is 19.9. The molecule has 0 aromatic heterocycles. The van der Waals surface area contributed by atoms with Crippen molar-refractivity contribution in [1.82, 2.24) is 0 Å². The molecule has 206 valence electrons. The molecule has 0 unspecified atom stereocenters. The van der Waals surface area contributed by atoms with E-state index in [0.29, 0.717) is 6.42 Å². The SMILES string of the molecule is C[C@H](C=O)C/C=C/[C@H](C)[C@H](C)OCc1ccc(OCCCC(F)(F)C(F)(F)C(F)(F)C(F)(F)F)cc1. The maximum absolute atomic E-state index is 13.5. The predicted octanol–water partition coefficient (Wildman–Crippen LogP) is 7.64. The summed E-state index contributed by atoms with van der Waals surface area (Å²) in [6.45, 7) is 5.26. The van der Waals surface area contributed by atoms with Gasteiger partial charge in [-0.3, -0.25) is 0 Å². The molecule has 3 atom stereocenters. The van der Waals surface area contributed by atoms with Gasteiger partial charge in [0.15, 0.2) is 0 Å². The van der Waals surface area contributed by atoms with Crippen LogP contribution in [-0.2, 0) is 16.1 Å². The summed E-state index contributed by atoms with van der Waals surface area (Å²) in [5, 5.41) is 0. The monoisotopic (exact) mass is 536 g/mol. The molecule has 12 heteroatoms. The molecule has 0 aliphatic rings. The molecule has 0 heterocycles. The molecule has 1 aromatic rings. The normalized spacial score (nSPS) is 16.1. The molecule has 0 N–H and O–H groups in total. The average Bonchev–Trinajstić information content (AvgIpc) is 2.79. The molecule has 3 nitrogen and oxygen atoms in total. The van der Waals surface area contributed by atoms with Crippen LogP contribution in [-0.4, -0.2) is 42.9 Å². The van der Waals surface area contributed by atoms with E-state index in [0.717, 1.165) is 11.8 Å². The van der Waals surface area contributed by atoms with E-state index < -0.39 is 43.4 Å². The number of ether oxygens (including phenoxy) is 2. The van der Waals surface area contributed by atoms with Crippen LogP contribution in [0.5, 0.6) is 5.75 Å². The number of carbonyl (C=O) groups excluding carboxylic acids is 1. The highest BCUT2D eigenvalue weighted by Crippen LogP contribution is 2.54. The smallest absolute Gasteiger partial charge is 0.460 e. The van der Waals surface area contributed by atoms with Crippen molar-refractivity contribution in [3.8, 4) is 5.75 Å². The number of hydrogen-bond donors (Lipinski definition) is 0. The Morgan fingerprint density at radius 2 is 1.47 bits per heavy atom. The van der Waals surface area contributed by atoms with Gasteiger partial charge < -0.3 is 14.3 Å². The first-order valence-electron chi connectivity index (χ1n) is 11.1. The molecule has 0 fully saturated rings. The van der Waals surface area contributed by atoms with E-state index in [-0.39, 0.29) is 30.3 Å². The third-order valence-electron chi connectivity index (χ3n) is 5.47. The van der Waals surface area contributed by atoms with E-state index >= 15 is 0 Å². The van der Waals surface area contributed by atoms with Crippen molar-refractivity contribution >= 4 is 6.29 Å². The highest BCUT2D eigenvalue weighted by molar-refractivity contribution is 5.52. The Hall–Kier alpha value is -2.24. The summed E-state index contributed by atoms with van der Waals surface area (Å²) >= 11 is 0. The van der Waals surface area contributed by atoms with Crippen LogP contribution in [0.3, 0.4) is 0 Å². The molecule has 0 saturated heterocycles. The summed E-state index contributed by atoms with van der Waals surface area (Å²) in [5.41, 5.74) is 0.737. The molecule has 0 aliphatic carbocycles. The van der Waals surface area contributed by atoms with Gasteiger partial charge in [0.25, 0.3) is 0 Å². The second kappa shape index (κ2) is 12.8. The van der Waals surface area contributed by atoms with Crippen molar-refractivity contribution in [1.29, 1.82) is 0 Å².